The molecule has 3 heteroatoms. The van der Waals surface area contributed by atoms with E-state index in [-0.39, 0.29) is 0 Å². The molecule has 0 aliphatic heterocycles. The normalized spacial score (nSPS) is 13.2. The van der Waals surface area contributed by atoms with Gasteiger partial charge in [0.05, 0.1) is 0 Å². The zero-order valence-corrected chi connectivity index (χ0v) is 20.6. The Labute approximate surface area is 198 Å². The molecular weight excluding hydrogens is 438 g/mol. The van der Waals surface area contributed by atoms with Gasteiger partial charge in [0, 0.05) is 0 Å². The van der Waals surface area contributed by atoms with Crippen LogP contribution in [0.4, 0.5) is 0 Å². The van der Waals surface area contributed by atoms with Gasteiger partial charge in [-0.3, -0.25) is 0 Å². The summed E-state index contributed by atoms with van der Waals surface area (Å²) in [6.45, 7) is 0. The molecule has 0 amide bonds. The van der Waals surface area contributed by atoms with Crippen LogP contribution < -0.4 is 15.9 Å². The summed E-state index contributed by atoms with van der Waals surface area (Å²) in [5.41, 5.74) is 0. The molecule has 0 aliphatic rings. The van der Waals surface area contributed by atoms with Crippen LogP contribution in [-0.2, 0) is 0 Å². The van der Waals surface area contributed by atoms with Gasteiger partial charge in [0.15, 0.2) is 0 Å². The Hall–Kier alpha value is -1.59. The zero-order valence-electron chi connectivity index (χ0n) is 18.2. The predicted molar refractivity (Wildman–Crippen MR) is 143 cm³/mol. The van der Waals surface area contributed by atoms with E-state index >= 15 is 0 Å². The van der Waals surface area contributed by atoms with Crippen molar-refractivity contribution >= 4 is 44.7 Å². The van der Waals surface area contributed by atoms with E-state index in [2.05, 4.69) is 103 Å². The van der Waals surface area contributed by atoms with E-state index in [9.17, 15) is 0 Å². The van der Waals surface area contributed by atoms with Crippen molar-refractivity contribution in [2.75, 3.05) is 12.0 Å². The third-order valence-corrected chi connectivity index (χ3v) is 13.5. The maximum absolute atomic E-state index is 8.04. The number of alkyl halides is 1. The second-order valence-corrected chi connectivity index (χ2v) is 15.0. The molecule has 0 N–H and O–H groups in total. The molecular formula is C28H33Cl2P. The molecule has 31 heavy (non-hydrogen) atoms. The van der Waals surface area contributed by atoms with Gasteiger partial charge in [-0.2, -0.15) is 0 Å². The molecule has 0 heterocycles. The monoisotopic (exact) mass is 470 g/mol. The fraction of sp³-hybridized carbons (Fsp3) is 0.286. The summed E-state index contributed by atoms with van der Waals surface area (Å²) in [7, 11) is 0. The van der Waals surface area contributed by atoms with Crippen LogP contribution in [0.5, 0.6) is 0 Å². The Balaban J connectivity index is 1.93. The number of hydrogen-bond acceptors (Lipinski definition) is 0. The molecule has 0 unspecified atom stereocenters. The molecule has 3 rings (SSSR count). The molecule has 0 saturated heterocycles. The van der Waals surface area contributed by atoms with E-state index in [1.165, 1.54) is 41.6 Å². The fourth-order valence-electron chi connectivity index (χ4n) is 4.26. The quantitative estimate of drug-likeness (QED) is 0.109. The van der Waals surface area contributed by atoms with Gasteiger partial charge in [-0.05, 0) is 0 Å². The average molecular weight is 471 g/mol. The van der Waals surface area contributed by atoms with Crippen LogP contribution in [0.3, 0.4) is 0 Å². The van der Waals surface area contributed by atoms with Gasteiger partial charge in [0.2, 0.25) is 0 Å². The van der Waals surface area contributed by atoms with Crippen molar-refractivity contribution in [2.24, 2.45) is 0 Å². The first-order chi connectivity index (χ1) is 15.2. The zero-order chi connectivity index (χ0) is 21.9. The predicted octanol–water partition coefficient (Wildman–Crippen LogP) is 7.81. The Morgan fingerprint density at radius 1 is 0.548 bits per heavy atom. The summed E-state index contributed by atoms with van der Waals surface area (Å²) in [6, 6.07) is 32.1. The van der Waals surface area contributed by atoms with E-state index in [0.717, 1.165) is 24.9 Å². The Bertz CT molecular complexity index is 824. The fourth-order valence-corrected chi connectivity index (χ4v) is 10.2. The van der Waals surface area contributed by atoms with Gasteiger partial charge in [0.25, 0.3) is 0 Å². The van der Waals surface area contributed by atoms with E-state index in [0.29, 0.717) is 0 Å². The number of halogens is 2. The summed E-state index contributed by atoms with van der Waals surface area (Å²) >= 11 is 13.8. The second kappa shape index (κ2) is 11.9. The van der Waals surface area contributed by atoms with Crippen LogP contribution in [0.25, 0.3) is 0 Å². The van der Waals surface area contributed by atoms with Crippen molar-refractivity contribution < 1.29 is 0 Å². The van der Waals surface area contributed by atoms with Crippen LogP contribution in [0.1, 0.15) is 38.5 Å². The van der Waals surface area contributed by atoms with Gasteiger partial charge in [-0.15, -0.1) is 0 Å². The van der Waals surface area contributed by atoms with Crippen molar-refractivity contribution in [1.29, 1.82) is 0 Å². The minimum absolute atomic E-state index is 0.779. The second-order valence-electron chi connectivity index (χ2n) is 8.09. The Kier molecular flexibility index (Phi) is 9.21. The maximum atomic E-state index is 8.04. The van der Waals surface area contributed by atoms with Crippen LogP contribution in [-0.4, -0.2) is 12.0 Å². The van der Waals surface area contributed by atoms with E-state index in [1.54, 1.807) is 0 Å². The van der Waals surface area contributed by atoms with Crippen molar-refractivity contribution in [3.63, 3.8) is 0 Å². The molecule has 164 valence electrons. The van der Waals surface area contributed by atoms with Gasteiger partial charge >= 0.3 is 198 Å². The number of unbranched alkanes of at least 4 members (excludes halogenated alkanes) is 5. The first kappa shape index (κ1) is 24.1. The average Bonchev–Trinajstić information content (AvgIpc) is 2.84. The van der Waals surface area contributed by atoms with Gasteiger partial charge in [-0.25, -0.2) is 0 Å². The third kappa shape index (κ3) is 5.61. The van der Waals surface area contributed by atoms with E-state index in [1.807, 2.05) is 0 Å². The van der Waals surface area contributed by atoms with Crippen LogP contribution in [0.15, 0.2) is 103 Å². The molecule has 0 aromatic heterocycles. The standard InChI is InChI=1S/C28H33Cl2P/c29-24-16-5-3-1-2-4-6-17-25-31(30,26-18-10-7-11-19-26,27-20-12-8-13-21-27)28-22-14-9-15-23-28/h6-15,17-23H,1-5,16,24-25H2. The van der Waals surface area contributed by atoms with Gasteiger partial charge in [-0.1, -0.05) is 0 Å². The topological polar surface area (TPSA) is 0 Å². The van der Waals surface area contributed by atoms with Crippen molar-refractivity contribution in [2.45, 2.75) is 38.5 Å². The number of benzene rings is 3. The first-order valence-electron chi connectivity index (χ1n) is 11.3. The Morgan fingerprint density at radius 3 is 1.42 bits per heavy atom. The molecule has 0 spiro atoms. The summed E-state index contributed by atoms with van der Waals surface area (Å²) in [6.07, 6.45) is 12.7. The van der Waals surface area contributed by atoms with Crippen molar-refractivity contribution in [3.05, 3.63) is 103 Å². The summed E-state index contributed by atoms with van der Waals surface area (Å²) < 4.78 is 0. The molecule has 0 nitrogen and oxygen atoms in total. The molecule has 3 aromatic carbocycles. The minimum atomic E-state index is -3.15. The summed E-state index contributed by atoms with van der Waals surface area (Å²) in [5.74, 6) is -2.37. The molecule has 0 fully saturated rings. The molecule has 0 bridgehead atoms. The molecule has 0 radical (unpaired) electrons. The van der Waals surface area contributed by atoms with E-state index in [4.69, 9.17) is 22.8 Å². The summed E-state index contributed by atoms with van der Waals surface area (Å²) in [4.78, 5) is 0. The van der Waals surface area contributed by atoms with E-state index < -0.39 is 5.96 Å². The van der Waals surface area contributed by atoms with Crippen molar-refractivity contribution in [3.8, 4) is 0 Å². The molecule has 0 saturated carbocycles. The van der Waals surface area contributed by atoms with Crippen LogP contribution in [0.2, 0.25) is 0 Å². The SMILES string of the molecule is ClCCCCCCCC=CCP(Cl)(c1ccccc1)(c1ccccc1)c1ccccc1. The summed E-state index contributed by atoms with van der Waals surface area (Å²) in [5, 5.41) is 3.66. The third-order valence-electron chi connectivity index (χ3n) is 6.00. The van der Waals surface area contributed by atoms with Crippen molar-refractivity contribution in [1.82, 2.24) is 0 Å². The Morgan fingerprint density at radius 2 is 0.968 bits per heavy atom. The molecule has 0 atom stereocenters. The first-order valence-corrected chi connectivity index (χ1v) is 15.2. The van der Waals surface area contributed by atoms with Gasteiger partial charge < -0.3 is 0 Å². The number of rotatable bonds is 12. The van der Waals surface area contributed by atoms with Crippen LogP contribution >= 0.6 is 28.8 Å². The van der Waals surface area contributed by atoms with Crippen LogP contribution in [0, 0.1) is 0 Å². The number of hydrogen-bond donors (Lipinski definition) is 0. The molecule has 3 aromatic rings. The molecule has 0 aliphatic carbocycles. The van der Waals surface area contributed by atoms with Gasteiger partial charge in [0.1, 0.15) is 0 Å². The number of allylic oxidation sites excluding steroid dienone is 2.